The van der Waals surface area contributed by atoms with Crippen molar-refractivity contribution in [2.45, 2.75) is 26.1 Å². The van der Waals surface area contributed by atoms with Crippen molar-refractivity contribution >= 4 is 17.3 Å². The van der Waals surface area contributed by atoms with Gasteiger partial charge in [-0.05, 0) is 43.9 Å². The zero-order chi connectivity index (χ0) is 16.6. The minimum absolute atomic E-state index is 0.382. The predicted octanol–water partition coefficient (Wildman–Crippen LogP) is 2.61. The van der Waals surface area contributed by atoms with Gasteiger partial charge in [-0.2, -0.15) is 13.2 Å². The van der Waals surface area contributed by atoms with Crippen molar-refractivity contribution in [3.8, 4) is 0 Å². The third-order valence-electron chi connectivity index (χ3n) is 3.07. The Kier molecular flexibility index (Phi) is 7.67. The number of nitrogens with one attached hydrogen (secondary N) is 2. The standard InChI is InChI=1S/C14H23F3N4S/c1-11-5-8-22-12(11)9-20-13(18-2)19-6-4-7-21(3)10-14(15,16)17/h5,8H,4,6-7,9-10H2,1-3H3,(H2,18,19,20). The van der Waals surface area contributed by atoms with Crippen LogP contribution < -0.4 is 10.6 Å². The number of alkyl halides is 3. The van der Waals surface area contributed by atoms with Gasteiger partial charge in [0.15, 0.2) is 5.96 Å². The second-order valence-corrected chi connectivity index (χ2v) is 6.09. The van der Waals surface area contributed by atoms with E-state index < -0.39 is 12.7 Å². The Balaban J connectivity index is 2.21. The molecule has 1 rings (SSSR count). The second kappa shape index (κ2) is 8.99. The first-order valence-corrected chi connectivity index (χ1v) is 7.92. The molecule has 0 unspecified atom stereocenters. The van der Waals surface area contributed by atoms with Gasteiger partial charge in [0.2, 0.25) is 0 Å². The Labute approximate surface area is 133 Å². The van der Waals surface area contributed by atoms with Crippen LogP contribution in [-0.2, 0) is 6.54 Å². The molecule has 0 atom stereocenters. The Morgan fingerprint density at radius 2 is 2.09 bits per heavy atom. The molecule has 1 aromatic heterocycles. The van der Waals surface area contributed by atoms with Crippen LogP contribution in [0, 0.1) is 6.92 Å². The number of aliphatic imine (C=N–C) groups is 1. The van der Waals surface area contributed by atoms with E-state index in [0.29, 0.717) is 32.0 Å². The van der Waals surface area contributed by atoms with E-state index in [9.17, 15) is 13.2 Å². The molecule has 0 saturated carbocycles. The molecule has 2 N–H and O–H groups in total. The van der Waals surface area contributed by atoms with E-state index in [4.69, 9.17) is 0 Å². The highest BCUT2D eigenvalue weighted by Gasteiger charge is 2.28. The maximum atomic E-state index is 12.2. The fraction of sp³-hybridized carbons (Fsp3) is 0.643. The van der Waals surface area contributed by atoms with Crippen molar-refractivity contribution in [2.24, 2.45) is 4.99 Å². The Morgan fingerprint density at radius 3 is 2.64 bits per heavy atom. The summed E-state index contributed by atoms with van der Waals surface area (Å²) in [6.07, 6.45) is -3.52. The van der Waals surface area contributed by atoms with E-state index in [1.54, 1.807) is 18.4 Å². The summed E-state index contributed by atoms with van der Waals surface area (Å²) in [6, 6.07) is 2.06. The molecular weight excluding hydrogens is 313 g/mol. The van der Waals surface area contributed by atoms with Gasteiger partial charge in [-0.1, -0.05) is 0 Å². The molecule has 1 aromatic rings. The maximum Gasteiger partial charge on any atom is 0.401 e. The fourth-order valence-electron chi connectivity index (χ4n) is 1.91. The summed E-state index contributed by atoms with van der Waals surface area (Å²) in [6.45, 7) is 2.83. The van der Waals surface area contributed by atoms with Gasteiger partial charge >= 0.3 is 6.18 Å². The molecule has 0 aliphatic heterocycles. The highest BCUT2D eigenvalue weighted by Crippen LogP contribution is 2.15. The molecule has 1 heterocycles. The van der Waals surface area contributed by atoms with Crippen LogP contribution in [0.2, 0.25) is 0 Å². The molecule has 4 nitrogen and oxygen atoms in total. The number of thiophene rings is 1. The quantitative estimate of drug-likeness (QED) is 0.457. The largest absolute Gasteiger partial charge is 0.401 e. The summed E-state index contributed by atoms with van der Waals surface area (Å²) < 4.78 is 36.5. The van der Waals surface area contributed by atoms with E-state index in [1.807, 2.05) is 5.38 Å². The van der Waals surface area contributed by atoms with E-state index in [2.05, 4.69) is 28.6 Å². The average molecular weight is 336 g/mol. The first-order valence-electron chi connectivity index (χ1n) is 7.04. The molecule has 0 saturated heterocycles. The maximum absolute atomic E-state index is 12.2. The summed E-state index contributed by atoms with van der Waals surface area (Å²) in [4.78, 5) is 6.61. The molecule has 0 radical (unpaired) electrons. The fourth-order valence-corrected chi connectivity index (χ4v) is 2.76. The zero-order valence-electron chi connectivity index (χ0n) is 13.1. The molecular formula is C14H23F3N4S. The summed E-state index contributed by atoms with van der Waals surface area (Å²) in [5, 5.41) is 8.34. The third-order valence-corrected chi connectivity index (χ3v) is 4.09. The smallest absolute Gasteiger partial charge is 0.356 e. The number of nitrogens with zero attached hydrogens (tertiary/aromatic N) is 2. The molecule has 22 heavy (non-hydrogen) atoms. The third kappa shape index (κ3) is 7.65. The van der Waals surface area contributed by atoms with Crippen LogP contribution in [0.25, 0.3) is 0 Å². The highest BCUT2D eigenvalue weighted by atomic mass is 32.1. The second-order valence-electron chi connectivity index (χ2n) is 5.09. The van der Waals surface area contributed by atoms with Gasteiger partial charge in [0.05, 0.1) is 13.1 Å². The van der Waals surface area contributed by atoms with E-state index in [-0.39, 0.29) is 0 Å². The van der Waals surface area contributed by atoms with Crippen molar-refractivity contribution in [1.82, 2.24) is 15.5 Å². The van der Waals surface area contributed by atoms with Crippen LogP contribution in [0.3, 0.4) is 0 Å². The number of hydrogen-bond donors (Lipinski definition) is 2. The van der Waals surface area contributed by atoms with Crippen LogP contribution in [-0.4, -0.2) is 50.8 Å². The molecule has 0 amide bonds. The zero-order valence-corrected chi connectivity index (χ0v) is 13.9. The lowest BCUT2D eigenvalue weighted by molar-refractivity contribution is -0.143. The number of rotatable bonds is 7. The van der Waals surface area contributed by atoms with E-state index >= 15 is 0 Å². The Morgan fingerprint density at radius 1 is 1.36 bits per heavy atom. The Hall–Kier alpha value is -1.28. The van der Waals surface area contributed by atoms with Crippen LogP contribution in [0.1, 0.15) is 16.9 Å². The van der Waals surface area contributed by atoms with Crippen LogP contribution >= 0.6 is 11.3 Å². The number of hydrogen-bond acceptors (Lipinski definition) is 3. The van der Waals surface area contributed by atoms with E-state index in [0.717, 1.165) is 0 Å². The number of halogens is 3. The molecule has 0 aliphatic carbocycles. The first-order chi connectivity index (χ1) is 10.3. The molecule has 0 spiro atoms. The number of guanidine groups is 1. The van der Waals surface area contributed by atoms with Crippen molar-refractivity contribution < 1.29 is 13.2 Å². The van der Waals surface area contributed by atoms with Crippen molar-refractivity contribution in [1.29, 1.82) is 0 Å². The lowest BCUT2D eigenvalue weighted by Crippen LogP contribution is -2.38. The van der Waals surface area contributed by atoms with Gasteiger partial charge in [-0.25, -0.2) is 0 Å². The molecule has 0 aromatic carbocycles. The minimum Gasteiger partial charge on any atom is -0.356 e. The van der Waals surface area contributed by atoms with Gasteiger partial charge in [-0.3, -0.25) is 9.89 Å². The van der Waals surface area contributed by atoms with Gasteiger partial charge in [-0.15, -0.1) is 11.3 Å². The van der Waals surface area contributed by atoms with Gasteiger partial charge < -0.3 is 10.6 Å². The van der Waals surface area contributed by atoms with Crippen molar-refractivity contribution in [3.05, 3.63) is 21.9 Å². The number of aryl methyl sites for hydroxylation is 1. The Bertz CT molecular complexity index is 471. The average Bonchev–Trinajstić information content (AvgIpc) is 2.81. The minimum atomic E-state index is -4.14. The summed E-state index contributed by atoms with van der Waals surface area (Å²) in [7, 11) is 3.15. The van der Waals surface area contributed by atoms with Gasteiger partial charge in [0, 0.05) is 18.5 Å². The predicted molar refractivity (Wildman–Crippen MR) is 85.4 cm³/mol. The monoisotopic (exact) mass is 336 g/mol. The normalized spacial score (nSPS) is 12.8. The van der Waals surface area contributed by atoms with Gasteiger partial charge in [0.1, 0.15) is 0 Å². The summed E-state index contributed by atoms with van der Waals surface area (Å²) >= 11 is 1.68. The van der Waals surface area contributed by atoms with Gasteiger partial charge in [0.25, 0.3) is 0 Å². The summed E-state index contributed by atoms with van der Waals surface area (Å²) in [5.41, 5.74) is 1.24. The SMILES string of the molecule is CN=C(NCCCN(C)CC(F)(F)F)NCc1sccc1C. The lowest BCUT2D eigenvalue weighted by atomic mass is 10.3. The molecule has 0 aliphatic rings. The highest BCUT2D eigenvalue weighted by molar-refractivity contribution is 7.10. The van der Waals surface area contributed by atoms with E-state index in [1.165, 1.54) is 22.4 Å². The molecule has 126 valence electrons. The van der Waals surface area contributed by atoms with Crippen LogP contribution in [0.15, 0.2) is 16.4 Å². The van der Waals surface area contributed by atoms with Crippen LogP contribution in [0.4, 0.5) is 13.2 Å². The summed E-state index contributed by atoms with van der Waals surface area (Å²) in [5.74, 6) is 0.659. The van der Waals surface area contributed by atoms with Crippen molar-refractivity contribution in [2.75, 3.05) is 33.7 Å². The molecule has 0 bridgehead atoms. The lowest BCUT2D eigenvalue weighted by Gasteiger charge is -2.18. The topological polar surface area (TPSA) is 39.7 Å². The molecule has 8 heteroatoms. The first kappa shape index (κ1) is 18.8. The van der Waals surface area contributed by atoms with Crippen LogP contribution in [0.5, 0.6) is 0 Å². The molecule has 0 fully saturated rings. The van der Waals surface area contributed by atoms with Crippen molar-refractivity contribution in [3.63, 3.8) is 0 Å².